The van der Waals surface area contributed by atoms with Crippen molar-refractivity contribution in [3.05, 3.63) is 48.3 Å². The zero-order valence-corrected chi connectivity index (χ0v) is 15.4. The van der Waals surface area contributed by atoms with Crippen molar-refractivity contribution in [3.63, 3.8) is 0 Å². The van der Waals surface area contributed by atoms with Crippen LogP contribution in [0.25, 0.3) is 11.0 Å². The molecule has 7 heteroatoms. The van der Waals surface area contributed by atoms with Gasteiger partial charge in [-0.3, -0.25) is 5.32 Å². The second kappa shape index (κ2) is 7.19. The molecule has 7 nitrogen and oxygen atoms in total. The van der Waals surface area contributed by atoms with Gasteiger partial charge in [-0.1, -0.05) is 0 Å². The zero-order chi connectivity index (χ0) is 18.8. The van der Waals surface area contributed by atoms with Crippen molar-refractivity contribution in [3.8, 4) is 5.75 Å². The molecule has 0 aliphatic carbocycles. The quantitative estimate of drug-likeness (QED) is 0.764. The molecule has 0 saturated carbocycles. The second-order valence-corrected chi connectivity index (χ2v) is 6.35. The maximum absolute atomic E-state index is 11.6. The minimum atomic E-state index is -0.452. The molecular weight excluding hydrogens is 344 g/mol. The molecule has 0 atom stereocenters. The fourth-order valence-corrected chi connectivity index (χ4v) is 3.40. The van der Waals surface area contributed by atoms with Gasteiger partial charge < -0.3 is 18.9 Å². The Labute approximate surface area is 157 Å². The van der Waals surface area contributed by atoms with Crippen LogP contribution in [0.5, 0.6) is 5.75 Å². The topological polar surface area (TPSA) is 68.6 Å². The van der Waals surface area contributed by atoms with Crippen LogP contribution in [-0.2, 0) is 17.8 Å². The van der Waals surface area contributed by atoms with E-state index in [0.29, 0.717) is 12.3 Å². The number of benzene rings is 2. The molecule has 0 bridgehead atoms. The molecular formula is C20H22N4O3. The van der Waals surface area contributed by atoms with Gasteiger partial charge in [0.05, 0.1) is 31.3 Å². The van der Waals surface area contributed by atoms with E-state index in [9.17, 15) is 4.79 Å². The number of carbonyl (C=O) groups is 1. The number of methoxy groups -OCH3 is 1. The molecule has 1 amide bonds. The molecule has 2 heterocycles. The van der Waals surface area contributed by atoms with E-state index in [4.69, 9.17) is 14.5 Å². The molecule has 2 aromatic carbocycles. The Kier molecular flexibility index (Phi) is 4.58. The first-order chi connectivity index (χ1) is 13.2. The molecule has 3 aromatic rings. The summed E-state index contributed by atoms with van der Waals surface area (Å²) >= 11 is 0. The van der Waals surface area contributed by atoms with Gasteiger partial charge in [0.15, 0.2) is 0 Å². The number of aromatic nitrogens is 2. The summed E-state index contributed by atoms with van der Waals surface area (Å²) in [5.74, 6) is 1.87. The molecule has 1 aromatic heterocycles. The highest BCUT2D eigenvalue weighted by Gasteiger charge is 2.20. The Morgan fingerprint density at radius 3 is 2.74 bits per heavy atom. The predicted molar refractivity (Wildman–Crippen MR) is 104 cm³/mol. The number of amides is 1. The van der Waals surface area contributed by atoms with E-state index >= 15 is 0 Å². The summed E-state index contributed by atoms with van der Waals surface area (Å²) < 4.78 is 12.4. The zero-order valence-electron chi connectivity index (χ0n) is 15.4. The minimum absolute atomic E-state index is 0.341. The third-order valence-electron chi connectivity index (χ3n) is 4.71. The Morgan fingerprint density at radius 2 is 2.00 bits per heavy atom. The van der Waals surface area contributed by atoms with E-state index in [2.05, 4.69) is 26.9 Å². The molecule has 0 fully saturated rings. The number of rotatable bonds is 4. The van der Waals surface area contributed by atoms with Crippen LogP contribution in [0.4, 0.5) is 16.2 Å². The molecule has 1 aliphatic heterocycles. The van der Waals surface area contributed by atoms with E-state index < -0.39 is 6.09 Å². The fraction of sp³-hybridized carbons (Fsp3) is 0.300. The highest BCUT2D eigenvalue weighted by atomic mass is 16.5. The number of ether oxygens (including phenoxy) is 2. The summed E-state index contributed by atoms with van der Waals surface area (Å²) in [6.07, 6.45) is -0.452. The van der Waals surface area contributed by atoms with Crippen molar-refractivity contribution >= 4 is 28.5 Å². The van der Waals surface area contributed by atoms with Gasteiger partial charge in [-0.05, 0) is 49.4 Å². The van der Waals surface area contributed by atoms with Crippen molar-refractivity contribution in [1.29, 1.82) is 0 Å². The SMILES string of the molecule is CCOC(=O)Nc1ccc2c(c1)nc1n2CCN(c2ccc(OC)cc2)C1. The Morgan fingerprint density at radius 1 is 1.19 bits per heavy atom. The van der Waals surface area contributed by atoms with Gasteiger partial charge >= 0.3 is 6.09 Å². The summed E-state index contributed by atoms with van der Waals surface area (Å²) in [6, 6.07) is 13.8. The monoisotopic (exact) mass is 366 g/mol. The van der Waals surface area contributed by atoms with E-state index in [1.807, 2.05) is 30.3 Å². The van der Waals surface area contributed by atoms with E-state index in [1.165, 1.54) is 0 Å². The number of carbonyl (C=O) groups excluding carboxylic acids is 1. The summed E-state index contributed by atoms with van der Waals surface area (Å²) in [4.78, 5) is 18.7. The van der Waals surface area contributed by atoms with Crippen molar-refractivity contribution in [2.45, 2.75) is 20.0 Å². The number of anilines is 2. The lowest BCUT2D eigenvalue weighted by Gasteiger charge is -2.30. The summed E-state index contributed by atoms with van der Waals surface area (Å²) in [5, 5.41) is 2.73. The number of hydrogen-bond donors (Lipinski definition) is 1. The number of nitrogens with zero attached hydrogens (tertiary/aromatic N) is 3. The predicted octanol–water partition coefficient (Wildman–Crippen LogP) is 3.63. The molecule has 0 saturated heterocycles. The van der Waals surface area contributed by atoms with E-state index in [1.54, 1.807) is 14.0 Å². The molecule has 0 radical (unpaired) electrons. The average Bonchev–Trinajstić information content (AvgIpc) is 3.05. The molecule has 1 aliphatic rings. The van der Waals surface area contributed by atoms with Crippen LogP contribution in [0, 0.1) is 0 Å². The first kappa shape index (κ1) is 17.2. The summed E-state index contributed by atoms with van der Waals surface area (Å²) in [7, 11) is 1.67. The Bertz CT molecular complexity index is 965. The maximum atomic E-state index is 11.6. The van der Waals surface area contributed by atoms with Gasteiger partial charge in [0.1, 0.15) is 11.6 Å². The smallest absolute Gasteiger partial charge is 0.411 e. The van der Waals surface area contributed by atoms with Gasteiger partial charge in [-0.2, -0.15) is 0 Å². The maximum Gasteiger partial charge on any atom is 0.411 e. The normalized spacial score (nSPS) is 13.3. The molecule has 140 valence electrons. The van der Waals surface area contributed by atoms with Gasteiger partial charge in [-0.25, -0.2) is 9.78 Å². The van der Waals surface area contributed by atoms with Gasteiger partial charge in [-0.15, -0.1) is 0 Å². The summed E-state index contributed by atoms with van der Waals surface area (Å²) in [6.45, 7) is 4.63. The van der Waals surface area contributed by atoms with Gasteiger partial charge in [0.2, 0.25) is 0 Å². The lowest BCUT2D eigenvalue weighted by Crippen LogP contribution is -2.33. The number of hydrogen-bond acceptors (Lipinski definition) is 5. The van der Waals surface area contributed by atoms with Crippen molar-refractivity contribution < 1.29 is 14.3 Å². The van der Waals surface area contributed by atoms with Crippen LogP contribution >= 0.6 is 0 Å². The number of nitrogens with one attached hydrogen (secondary N) is 1. The second-order valence-electron chi connectivity index (χ2n) is 6.35. The molecule has 4 rings (SSSR count). The van der Waals surface area contributed by atoms with Crippen LogP contribution in [0.3, 0.4) is 0 Å². The van der Waals surface area contributed by atoms with Crippen LogP contribution in [0.1, 0.15) is 12.7 Å². The summed E-state index contributed by atoms with van der Waals surface area (Å²) in [5.41, 5.74) is 3.78. The van der Waals surface area contributed by atoms with Crippen LogP contribution < -0.4 is 15.0 Å². The number of fused-ring (bicyclic) bond motifs is 3. The molecule has 27 heavy (non-hydrogen) atoms. The molecule has 0 spiro atoms. The highest BCUT2D eigenvalue weighted by Crippen LogP contribution is 2.27. The lowest BCUT2D eigenvalue weighted by molar-refractivity contribution is 0.168. The van der Waals surface area contributed by atoms with E-state index in [-0.39, 0.29) is 0 Å². The number of imidazole rings is 1. The fourth-order valence-electron chi connectivity index (χ4n) is 3.40. The first-order valence-electron chi connectivity index (χ1n) is 9.00. The molecule has 0 unspecified atom stereocenters. The Hall–Kier alpha value is -3.22. The van der Waals surface area contributed by atoms with Crippen molar-refractivity contribution in [2.24, 2.45) is 0 Å². The minimum Gasteiger partial charge on any atom is -0.497 e. The first-order valence-corrected chi connectivity index (χ1v) is 9.00. The largest absolute Gasteiger partial charge is 0.497 e. The van der Waals surface area contributed by atoms with E-state index in [0.717, 1.165) is 47.9 Å². The van der Waals surface area contributed by atoms with Crippen LogP contribution in [-0.4, -0.2) is 35.9 Å². The van der Waals surface area contributed by atoms with Crippen molar-refractivity contribution in [1.82, 2.24) is 9.55 Å². The molecule has 1 N–H and O–H groups in total. The lowest BCUT2D eigenvalue weighted by atomic mass is 10.2. The van der Waals surface area contributed by atoms with Gasteiger partial charge in [0.25, 0.3) is 0 Å². The van der Waals surface area contributed by atoms with Gasteiger partial charge in [0, 0.05) is 24.5 Å². The Balaban J connectivity index is 1.57. The standard InChI is InChI=1S/C20H22N4O3/c1-3-27-20(25)21-14-4-9-18-17(12-14)22-19-13-23(10-11-24(18)19)15-5-7-16(26-2)8-6-15/h4-9,12H,3,10-11,13H2,1-2H3,(H,21,25). The third kappa shape index (κ3) is 3.40. The van der Waals surface area contributed by atoms with Crippen molar-refractivity contribution in [2.75, 3.05) is 30.5 Å². The third-order valence-corrected chi connectivity index (χ3v) is 4.71. The highest BCUT2D eigenvalue weighted by molar-refractivity contribution is 5.89. The van der Waals surface area contributed by atoms with Crippen LogP contribution in [0.15, 0.2) is 42.5 Å². The van der Waals surface area contributed by atoms with Crippen LogP contribution in [0.2, 0.25) is 0 Å². The average molecular weight is 366 g/mol.